The zero-order chi connectivity index (χ0) is 31.8. The molecule has 4 aliphatic rings. The minimum atomic E-state index is 0.0879. The molecule has 0 aromatic heterocycles. The number of aliphatic imine (C=N–C) groups is 1. The van der Waals surface area contributed by atoms with Crippen molar-refractivity contribution in [3.8, 4) is 0 Å². The molecule has 0 saturated carbocycles. The maximum Gasteiger partial charge on any atom is 0.121 e. The molecule has 0 fully saturated rings. The molecule has 0 bridgehead atoms. The van der Waals surface area contributed by atoms with Crippen LogP contribution in [0.25, 0.3) is 39.8 Å². The van der Waals surface area contributed by atoms with E-state index >= 15 is 0 Å². The first-order valence-electron chi connectivity index (χ1n) is 16.6. The summed E-state index contributed by atoms with van der Waals surface area (Å²) < 4.78 is 0. The van der Waals surface area contributed by atoms with Crippen LogP contribution in [0.1, 0.15) is 63.1 Å². The van der Waals surface area contributed by atoms with Crippen molar-refractivity contribution < 1.29 is 0 Å². The molecular formula is C44H42N2. The highest BCUT2D eigenvalue weighted by Crippen LogP contribution is 2.41. The summed E-state index contributed by atoms with van der Waals surface area (Å²) in [5.41, 5.74) is 10.9. The Kier molecular flexibility index (Phi) is 8.05. The van der Waals surface area contributed by atoms with Crippen molar-refractivity contribution in [3.05, 3.63) is 155 Å². The van der Waals surface area contributed by atoms with Crippen molar-refractivity contribution in [3.63, 3.8) is 0 Å². The molecule has 1 heterocycles. The lowest BCUT2D eigenvalue weighted by Gasteiger charge is -2.37. The first kappa shape index (κ1) is 29.7. The fraction of sp³-hybridized carbons (Fsp3) is 0.205. The van der Waals surface area contributed by atoms with Gasteiger partial charge in [-0.25, -0.2) is 4.99 Å². The van der Waals surface area contributed by atoms with Gasteiger partial charge < -0.3 is 4.90 Å². The molecule has 2 nitrogen and oxygen atoms in total. The summed E-state index contributed by atoms with van der Waals surface area (Å²) in [7, 11) is 0. The lowest BCUT2D eigenvalue weighted by molar-refractivity contribution is 0.645. The minimum Gasteiger partial charge on any atom is -0.302 e. The van der Waals surface area contributed by atoms with E-state index in [1.165, 1.54) is 43.5 Å². The summed E-state index contributed by atoms with van der Waals surface area (Å²) in [6.07, 6.45) is 28.8. The van der Waals surface area contributed by atoms with Gasteiger partial charge in [0.1, 0.15) is 5.84 Å². The van der Waals surface area contributed by atoms with Crippen LogP contribution in [0, 0.1) is 11.8 Å². The Labute approximate surface area is 273 Å². The zero-order valence-electron chi connectivity index (χ0n) is 27.3. The topological polar surface area (TPSA) is 15.6 Å². The second kappa shape index (κ2) is 12.4. The molecule has 3 aliphatic carbocycles. The van der Waals surface area contributed by atoms with E-state index in [-0.39, 0.29) is 5.92 Å². The lowest BCUT2D eigenvalue weighted by Crippen LogP contribution is -2.37. The molecule has 1 unspecified atom stereocenters. The zero-order valence-corrected chi connectivity index (χ0v) is 27.3. The van der Waals surface area contributed by atoms with Gasteiger partial charge in [0.05, 0.1) is 5.69 Å². The standard InChI is InChI=1S/C44H42N2/c1-6-7-17-30(3)31(4)46-32(5)36-21-12-13-26-41(36)45-44(46)35-20-15-19-34(28-35)43-39-24-10-8-22-37(39)42(33-18-14-16-29(2)27-33)38-23-9-11-25-40(38)43/h6-8,10,12-26,29,35H,1,5,9,11,27-28H2,2-4H3/b17-7-,31-30+/t29-,35?/m0/s1. The summed E-state index contributed by atoms with van der Waals surface area (Å²) in [5.74, 6) is 1.65. The molecule has 46 heavy (non-hydrogen) atoms. The smallest absolute Gasteiger partial charge is 0.121 e. The third kappa shape index (κ3) is 5.22. The molecule has 0 N–H and O–H groups in total. The number of allylic oxidation sites excluding steroid dienone is 12. The predicted octanol–water partition coefficient (Wildman–Crippen LogP) is 10.2. The van der Waals surface area contributed by atoms with Crippen LogP contribution in [0.15, 0.2) is 133 Å². The van der Waals surface area contributed by atoms with E-state index in [0.29, 0.717) is 5.92 Å². The number of rotatable bonds is 6. The summed E-state index contributed by atoms with van der Waals surface area (Å²) in [6.45, 7) is 15.1. The quantitative estimate of drug-likeness (QED) is 0.258. The van der Waals surface area contributed by atoms with Crippen molar-refractivity contribution >= 4 is 51.3 Å². The number of nitrogens with zero attached hydrogens (tertiary/aromatic N) is 2. The van der Waals surface area contributed by atoms with Crippen molar-refractivity contribution in [1.82, 2.24) is 4.90 Å². The molecule has 0 saturated heterocycles. The summed E-state index contributed by atoms with van der Waals surface area (Å²) in [6, 6.07) is 17.4. The highest BCUT2D eigenvalue weighted by Gasteiger charge is 2.32. The van der Waals surface area contributed by atoms with Gasteiger partial charge in [0.2, 0.25) is 0 Å². The lowest BCUT2D eigenvalue weighted by atomic mass is 9.80. The third-order valence-electron chi connectivity index (χ3n) is 9.83. The van der Waals surface area contributed by atoms with Crippen LogP contribution in [-0.2, 0) is 0 Å². The Morgan fingerprint density at radius 1 is 0.848 bits per heavy atom. The minimum absolute atomic E-state index is 0.0879. The fourth-order valence-electron chi connectivity index (χ4n) is 7.50. The van der Waals surface area contributed by atoms with E-state index in [0.717, 1.165) is 59.7 Å². The van der Waals surface area contributed by atoms with Gasteiger partial charge in [-0.2, -0.15) is 0 Å². The highest BCUT2D eigenvalue weighted by molar-refractivity contribution is 6.05. The molecule has 2 heteroatoms. The van der Waals surface area contributed by atoms with Gasteiger partial charge in [-0.05, 0) is 101 Å². The van der Waals surface area contributed by atoms with Gasteiger partial charge in [0.25, 0.3) is 0 Å². The Hall–Kier alpha value is -4.95. The van der Waals surface area contributed by atoms with Crippen LogP contribution in [-0.4, -0.2) is 10.7 Å². The van der Waals surface area contributed by atoms with E-state index in [1.54, 1.807) is 0 Å². The van der Waals surface area contributed by atoms with Gasteiger partial charge in [-0.15, -0.1) is 0 Å². The van der Waals surface area contributed by atoms with Gasteiger partial charge in [-0.3, -0.25) is 0 Å². The number of hydrogen-bond acceptors (Lipinski definition) is 2. The van der Waals surface area contributed by atoms with Crippen LogP contribution in [0.2, 0.25) is 0 Å². The molecule has 228 valence electrons. The predicted molar refractivity (Wildman–Crippen MR) is 200 cm³/mol. The molecule has 1 aliphatic heterocycles. The molecule has 0 spiro atoms. The second-order valence-electron chi connectivity index (χ2n) is 12.9. The molecule has 0 amide bonds. The van der Waals surface area contributed by atoms with Gasteiger partial charge in [0.15, 0.2) is 0 Å². The second-order valence-corrected chi connectivity index (χ2v) is 12.9. The van der Waals surface area contributed by atoms with Crippen molar-refractivity contribution in [1.29, 1.82) is 0 Å². The molecule has 0 radical (unpaired) electrons. The molecule has 3 aromatic rings. The first-order chi connectivity index (χ1) is 22.5. The molecule has 2 atom stereocenters. The number of hydrogen-bond donors (Lipinski definition) is 0. The summed E-state index contributed by atoms with van der Waals surface area (Å²) in [4.78, 5) is 7.62. The van der Waals surface area contributed by atoms with Crippen LogP contribution in [0.4, 0.5) is 5.69 Å². The molecule has 7 rings (SSSR count). The fourth-order valence-corrected chi connectivity index (χ4v) is 7.50. The van der Waals surface area contributed by atoms with Gasteiger partial charge in [0, 0.05) is 22.9 Å². The number of fused-ring (bicyclic) bond motifs is 3. The van der Waals surface area contributed by atoms with Crippen LogP contribution < -0.4 is 10.4 Å². The Morgan fingerprint density at radius 3 is 2.15 bits per heavy atom. The van der Waals surface area contributed by atoms with E-state index in [4.69, 9.17) is 4.99 Å². The van der Waals surface area contributed by atoms with Crippen LogP contribution in [0.3, 0.4) is 0 Å². The normalized spacial score (nSPS) is 21.1. The average Bonchev–Trinajstić information content (AvgIpc) is 3.09. The van der Waals surface area contributed by atoms with E-state index in [9.17, 15) is 0 Å². The van der Waals surface area contributed by atoms with Crippen LogP contribution in [0.5, 0.6) is 0 Å². The summed E-state index contributed by atoms with van der Waals surface area (Å²) in [5, 5.41) is 5.49. The van der Waals surface area contributed by atoms with Crippen molar-refractivity contribution in [2.45, 2.75) is 46.5 Å². The van der Waals surface area contributed by atoms with Crippen molar-refractivity contribution in [2.75, 3.05) is 0 Å². The maximum atomic E-state index is 5.34. The largest absolute Gasteiger partial charge is 0.302 e. The SMILES string of the molecule is C=C/C=C\C(C)=C(/C)N1C(=C)c2ccccc2N=C1C1C=CC=C(c2c3c(c(C4=CC=C[C@H](C)C4)c4ccccc24)=CCCC=3)C1. The average molecular weight is 599 g/mol. The number of benzene rings is 3. The highest BCUT2D eigenvalue weighted by atomic mass is 15.2. The molecular weight excluding hydrogens is 556 g/mol. The van der Waals surface area contributed by atoms with E-state index < -0.39 is 0 Å². The monoisotopic (exact) mass is 598 g/mol. The van der Waals surface area contributed by atoms with Gasteiger partial charge >= 0.3 is 0 Å². The maximum absolute atomic E-state index is 5.34. The van der Waals surface area contributed by atoms with E-state index in [1.807, 2.05) is 12.2 Å². The number of para-hydroxylation sites is 1. The first-order valence-corrected chi connectivity index (χ1v) is 16.6. The third-order valence-corrected chi connectivity index (χ3v) is 9.83. The van der Waals surface area contributed by atoms with E-state index in [2.05, 4.69) is 142 Å². The number of amidine groups is 1. The van der Waals surface area contributed by atoms with Gasteiger partial charge in [-0.1, -0.05) is 129 Å². The summed E-state index contributed by atoms with van der Waals surface area (Å²) >= 11 is 0. The molecule has 3 aromatic carbocycles. The van der Waals surface area contributed by atoms with Crippen LogP contribution >= 0.6 is 0 Å². The Balaban J connectivity index is 1.38. The Morgan fingerprint density at radius 2 is 1.48 bits per heavy atom. The van der Waals surface area contributed by atoms with Crippen molar-refractivity contribution in [2.24, 2.45) is 16.8 Å². The Bertz CT molecular complexity index is 2120.